The molecule has 0 spiro atoms. The molecule has 2 aromatic rings. The first kappa shape index (κ1) is 18.6. The Morgan fingerprint density at radius 1 is 1.20 bits per heavy atom. The fraction of sp³-hybridized carbons (Fsp3) is 0. The number of nitrogens with zero attached hydrogens (tertiary/aromatic N) is 1. The monoisotopic (exact) mass is 384 g/mol. The second-order valence-electron chi connectivity index (χ2n) is 4.75. The zero-order chi connectivity index (χ0) is 18.6. The number of nitro benzene ring substituents is 1. The minimum absolute atomic E-state index is 0.107. The maximum atomic E-state index is 12.8. The summed E-state index contributed by atoms with van der Waals surface area (Å²) in [5.74, 6) is -0.551. The molecule has 0 unspecified atom stereocenters. The van der Waals surface area contributed by atoms with Crippen molar-refractivity contribution in [3.8, 4) is 0 Å². The number of rotatable bonds is 5. The van der Waals surface area contributed by atoms with Gasteiger partial charge in [-0.2, -0.15) is 8.42 Å². The number of halogens is 2. The Balaban J connectivity index is 2.07. The number of nitro groups is 1. The number of carbonyl (C=O) groups is 1. The van der Waals surface area contributed by atoms with Crippen molar-refractivity contribution >= 4 is 45.2 Å². The predicted molar refractivity (Wildman–Crippen MR) is 90.5 cm³/mol. The summed E-state index contributed by atoms with van der Waals surface area (Å²) in [6.45, 7) is 0. The minimum atomic E-state index is -4.80. The molecule has 0 aliphatic rings. The molecule has 10 heteroatoms. The molecule has 0 saturated carbocycles. The van der Waals surface area contributed by atoms with Crippen LogP contribution in [0.25, 0.3) is 6.08 Å². The van der Waals surface area contributed by atoms with E-state index in [1.54, 1.807) is 0 Å². The zero-order valence-electron chi connectivity index (χ0n) is 12.3. The number of benzene rings is 2. The smallest absolute Gasteiger partial charge is 0.323 e. The summed E-state index contributed by atoms with van der Waals surface area (Å²) in [6.07, 6.45) is 2.51. The third kappa shape index (κ3) is 5.10. The van der Waals surface area contributed by atoms with E-state index in [9.17, 15) is 27.2 Å². The van der Waals surface area contributed by atoms with Gasteiger partial charge in [-0.1, -0.05) is 11.6 Å². The molecule has 1 N–H and O–H groups in total. The molecule has 0 bridgehead atoms. The van der Waals surface area contributed by atoms with Gasteiger partial charge in [-0.25, -0.2) is 0 Å². The van der Waals surface area contributed by atoms with Crippen molar-refractivity contribution in [1.29, 1.82) is 0 Å². The van der Waals surface area contributed by atoms with Crippen molar-refractivity contribution in [2.45, 2.75) is 4.90 Å². The van der Waals surface area contributed by atoms with Gasteiger partial charge in [0, 0.05) is 23.9 Å². The summed E-state index contributed by atoms with van der Waals surface area (Å²) in [7, 11) is -4.80. The number of amides is 1. The summed E-state index contributed by atoms with van der Waals surface area (Å²) in [5.41, 5.74) is 0.493. The van der Waals surface area contributed by atoms with Gasteiger partial charge in [0.2, 0.25) is 5.91 Å². The number of non-ortho nitro benzene ring substituents is 1. The Morgan fingerprint density at radius 2 is 1.84 bits per heavy atom. The molecule has 0 aliphatic carbocycles. The highest BCUT2D eigenvalue weighted by atomic mass is 35.5. The maximum Gasteiger partial charge on any atom is 0.332 e. The van der Waals surface area contributed by atoms with Gasteiger partial charge in [0.05, 0.1) is 14.8 Å². The van der Waals surface area contributed by atoms with E-state index in [2.05, 4.69) is 5.32 Å². The summed E-state index contributed by atoms with van der Waals surface area (Å²) in [6, 6.07) is 8.30. The standard InChI is InChI=1S/C15H10ClFN2O5S/c16-14-9-12(19(21)22)5-1-10(14)2-8-15(20)18-11-3-6-13(7-4-11)25(17,23)24/h1-9H,(H,18,20). The summed E-state index contributed by atoms with van der Waals surface area (Å²) >= 11 is 5.90. The van der Waals surface area contributed by atoms with Crippen molar-refractivity contribution in [1.82, 2.24) is 0 Å². The van der Waals surface area contributed by atoms with Crippen molar-refractivity contribution < 1.29 is 22.0 Å². The van der Waals surface area contributed by atoms with E-state index in [-0.39, 0.29) is 16.4 Å². The summed E-state index contributed by atoms with van der Waals surface area (Å²) < 4.78 is 34.2. The lowest BCUT2D eigenvalue weighted by atomic mass is 10.2. The quantitative estimate of drug-likeness (QED) is 0.367. The molecule has 7 nitrogen and oxygen atoms in total. The van der Waals surface area contributed by atoms with E-state index < -0.39 is 25.9 Å². The molecule has 0 atom stereocenters. The van der Waals surface area contributed by atoms with Gasteiger partial charge in [-0.15, -0.1) is 3.89 Å². The molecule has 0 saturated heterocycles. The van der Waals surface area contributed by atoms with E-state index in [1.807, 2.05) is 0 Å². The van der Waals surface area contributed by atoms with Crippen LogP contribution in [0.4, 0.5) is 15.3 Å². The van der Waals surface area contributed by atoms with Gasteiger partial charge in [0.1, 0.15) is 0 Å². The Morgan fingerprint density at radius 3 is 2.36 bits per heavy atom. The summed E-state index contributed by atoms with van der Waals surface area (Å²) in [5, 5.41) is 13.2. The Bertz CT molecular complexity index is 958. The van der Waals surface area contributed by atoms with E-state index in [1.165, 1.54) is 30.3 Å². The molecule has 130 valence electrons. The van der Waals surface area contributed by atoms with Crippen molar-refractivity contribution in [3.63, 3.8) is 0 Å². The third-order valence-corrected chi connectivity index (χ3v) is 4.18. The van der Waals surface area contributed by atoms with Crippen LogP contribution in [0.2, 0.25) is 5.02 Å². The van der Waals surface area contributed by atoms with Crippen molar-refractivity contribution in [3.05, 3.63) is 69.2 Å². The first-order valence-electron chi connectivity index (χ1n) is 6.64. The van der Waals surface area contributed by atoms with Crippen LogP contribution >= 0.6 is 11.6 Å². The maximum absolute atomic E-state index is 12.8. The Labute approximate surface area is 147 Å². The lowest BCUT2D eigenvalue weighted by molar-refractivity contribution is -0.384. The molecule has 1 amide bonds. The van der Waals surface area contributed by atoms with E-state index in [4.69, 9.17) is 11.6 Å². The van der Waals surface area contributed by atoms with Crippen LogP contribution in [0.5, 0.6) is 0 Å². The highest BCUT2D eigenvalue weighted by Gasteiger charge is 2.11. The van der Waals surface area contributed by atoms with E-state index in [0.29, 0.717) is 5.56 Å². The predicted octanol–water partition coefficient (Wildman–Crippen LogP) is 3.56. The second kappa shape index (κ2) is 7.41. The highest BCUT2D eigenvalue weighted by molar-refractivity contribution is 7.86. The second-order valence-corrected chi connectivity index (χ2v) is 6.50. The van der Waals surface area contributed by atoms with E-state index in [0.717, 1.165) is 24.3 Å². The molecule has 25 heavy (non-hydrogen) atoms. The van der Waals surface area contributed by atoms with Gasteiger partial charge in [-0.3, -0.25) is 14.9 Å². The molecule has 2 aromatic carbocycles. The molecule has 0 fully saturated rings. The van der Waals surface area contributed by atoms with Gasteiger partial charge in [-0.05, 0) is 42.0 Å². The Hall–Kier alpha value is -2.78. The largest absolute Gasteiger partial charge is 0.332 e. The topological polar surface area (TPSA) is 106 Å². The molecular weight excluding hydrogens is 375 g/mol. The average Bonchev–Trinajstić information content (AvgIpc) is 2.53. The van der Waals surface area contributed by atoms with Crippen LogP contribution in [0.1, 0.15) is 5.56 Å². The van der Waals surface area contributed by atoms with Crippen molar-refractivity contribution in [2.24, 2.45) is 0 Å². The zero-order valence-corrected chi connectivity index (χ0v) is 13.9. The first-order valence-corrected chi connectivity index (χ1v) is 8.41. The highest BCUT2D eigenvalue weighted by Crippen LogP contribution is 2.23. The minimum Gasteiger partial charge on any atom is -0.323 e. The van der Waals surface area contributed by atoms with Crippen LogP contribution in [0.15, 0.2) is 53.4 Å². The fourth-order valence-corrected chi connectivity index (χ4v) is 2.51. The molecule has 0 aliphatic heterocycles. The van der Waals surface area contributed by atoms with Crippen LogP contribution in [0.3, 0.4) is 0 Å². The van der Waals surface area contributed by atoms with Crippen molar-refractivity contribution in [2.75, 3.05) is 5.32 Å². The third-order valence-electron chi connectivity index (χ3n) is 3.01. The Kier molecular flexibility index (Phi) is 5.50. The number of anilines is 1. The first-order chi connectivity index (χ1) is 11.7. The molecule has 0 heterocycles. The average molecular weight is 385 g/mol. The number of hydrogen-bond acceptors (Lipinski definition) is 5. The number of carbonyl (C=O) groups excluding carboxylic acids is 1. The lowest BCUT2D eigenvalue weighted by Gasteiger charge is -2.03. The van der Waals surface area contributed by atoms with Gasteiger partial charge >= 0.3 is 10.2 Å². The lowest BCUT2D eigenvalue weighted by Crippen LogP contribution is -2.07. The van der Waals surface area contributed by atoms with Gasteiger partial charge < -0.3 is 5.32 Å². The molecule has 2 rings (SSSR count). The van der Waals surface area contributed by atoms with Crippen LogP contribution in [-0.4, -0.2) is 19.2 Å². The van der Waals surface area contributed by atoms with Crippen LogP contribution < -0.4 is 5.32 Å². The number of nitrogens with one attached hydrogen (secondary N) is 1. The summed E-state index contributed by atoms with van der Waals surface area (Å²) in [4.78, 5) is 21.3. The fourth-order valence-electron chi connectivity index (χ4n) is 1.81. The molecule has 0 aromatic heterocycles. The van der Waals surface area contributed by atoms with E-state index >= 15 is 0 Å². The number of hydrogen-bond donors (Lipinski definition) is 1. The molecule has 0 radical (unpaired) electrons. The van der Waals surface area contributed by atoms with Gasteiger partial charge in [0.15, 0.2) is 0 Å². The molecular formula is C15H10ClFN2O5S. The van der Waals surface area contributed by atoms with Crippen LogP contribution in [-0.2, 0) is 15.0 Å². The normalized spacial score (nSPS) is 11.4. The van der Waals surface area contributed by atoms with Gasteiger partial charge in [0.25, 0.3) is 5.69 Å². The SMILES string of the molecule is O=C(C=Cc1ccc([N+](=O)[O-])cc1Cl)Nc1ccc(S(=O)(=O)F)cc1. The van der Waals surface area contributed by atoms with Crippen LogP contribution in [0, 0.1) is 10.1 Å².